The van der Waals surface area contributed by atoms with Crippen LogP contribution in [0.5, 0.6) is 0 Å². The molecule has 33 heavy (non-hydrogen) atoms. The van der Waals surface area contributed by atoms with Gasteiger partial charge >= 0.3 is 11.9 Å². The molecule has 1 spiro atoms. The molecule has 2 aliphatic rings. The highest BCUT2D eigenvalue weighted by molar-refractivity contribution is 6.21. The summed E-state index contributed by atoms with van der Waals surface area (Å²) in [4.78, 5) is 40.2. The molecule has 0 saturated heterocycles. The van der Waals surface area contributed by atoms with E-state index in [0.717, 1.165) is 5.56 Å². The number of anilines is 1. The average molecular weight is 448 g/mol. The second kappa shape index (κ2) is 8.46. The summed E-state index contributed by atoms with van der Waals surface area (Å²) in [5, 5.41) is 2.76. The molecular formula is C25H24N2O6. The number of allylic oxidation sites excluding steroid dienone is 1. The van der Waals surface area contributed by atoms with E-state index in [9.17, 15) is 14.4 Å². The molecule has 0 radical (unpaired) electrons. The number of carbonyl (C=O) groups excluding carboxylic acids is 3. The van der Waals surface area contributed by atoms with Gasteiger partial charge in [0.1, 0.15) is 28.9 Å². The Bertz CT molecular complexity index is 1200. The van der Waals surface area contributed by atoms with Crippen LogP contribution in [0, 0.1) is 0 Å². The Morgan fingerprint density at radius 3 is 2.39 bits per heavy atom. The maximum atomic E-state index is 13.6. The highest BCUT2D eigenvalue weighted by Gasteiger charge is 2.61. The van der Waals surface area contributed by atoms with Crippen LogP contribution in [-0.2, 0) is 40.6 Å². The zero-order valence-electron chi connectivity index (χ0n) is 18.5. The van der Waals surface area contributed by atoms with Gasteiger partial charge in [-0.3, -0.25) is 4.79 Å². The second-order valence-corrected chi connectivity index (χ2v) is 8.04. The number of hydrogen-bond donors (Lipinski definition) is 2. The van der Waals surface area contributed by atoms with E-state index in [4.69, 9.17) is 19.9 Å². The summed E-state index contributed by atoms with van der Waals surface area (Å²) in [6, 6.07) is 15.9. The van der Waals surface area contributed by atoms with E-state index >= 15 is 0 Å². The van der Waals surface area contributed by atoms with E-state index in [1.807, 2.05) is 18.2 Å². The Hall–Kier alpha value is -4.07. The fraction of sp³-hybridized carbons (Fsp3) is 0.240. The highest BCUT2D eigenvalue weighted by atomic mass is 16.6. The lowest BCUT2D eigenvalue weighted by Gasteiger charge is -2.35. The molecule has 8 nitrogen and oxygen atoms in total. The number of fused-ring (bicyclic) bond motifs is 2. The van der Waals surface area contributed by atoms with Crippen LogP contribution in [0.4, 0.5) is 5.69 Å². The van der Waals surface area contributed by atoms with E-state index in [1.165, 1.54) is 6.92 Å². The fourth-order valence-corrected chi connectivity index (χ4v) is 4.21. The van der Waals surface area contributed by atoms with Crippen molar-refractivity contribution >= 4 is 23.5 Å². The zero-order chi connectivity index (χ0) is 23.8. The molecule has 2 aliphatic heterocycles. The first-order chi connectivity index (χ1) is 15.8. The third kappa shape index (κ3) is 3.63. The van der Waals surface area contributed by atoms with E-state index < -0.39 is 29.4 Å². The molecule has 0 unspecified atom stereocenters. The number of rotatable bonds is 5. The molecule has 0 bridgehead atoms. The van der Waals surface area contributed by atoms with Crippen LogP contribution in [0.3, 0.4) is 0 Å². The average Bonchev–Trinajstić information content (AvgIpc) is 3.04. The smallest absolute Gasteiger partial charge is 0.341 e. The standard InChI is InChI=1S/C25H24N2O6/c1-14(2)32-23(29)19-15(3)33-21(26)20(22(28)31-13-16-9-5-4-6-10-16)25(19)17-11-7-8-12-18(17)27-24(25)30/h4-12,14H,13,26H2,1-3H3,(H,27,30)/t25-/m0/s1. The molecule has 2 aromatic carbocycles. The molecule has 8 heteroatoms. The number of para-hydroxylation sites is 1. The molecule has 0 fully saturated rings. The van der Waals surface area contributed by atoms with Crippen molar-refractivity contribution in [3.05, 3.63) is 88.5 Å². The minimum absolute atomic E-state index is 0.0513. The maximum absolute atomic E-state index is 13.6. The Kier molecular flexibility index (Phi) is 5.68. The minimum Gasteiger partial charge on any atom is -0.459 e. The van der Waals surface area contributed by atoms with Gasteiger partial charge in [0.05, 0.1) is 6.10 Å². The van der Waals surface area contributed by atoms with E-state index in [1.54, 1.807) is 50.2 Å². The molecule has 0 saturated carbocycles. The Balaban J connectivity index is 1.86. The summed E-state index contributed by atoms with van der Waals surface area (Å²) in [5.74, 6) is -2.50. The third-order valence-corrected chi connectivity index (χ3v) is 5.50. The number of nitrogens with two attached hydrogens (primary N) is 1. The molecule has 0 aromatic heterocycles. The maximum Gasteiger partial charge on any atom is 0.341 e. The first-order valence-corrected chi connectivity index (χ1v) is 10.5. The van der Waals surface area contributed by atoms with E-state index in [0.29, 0.717) is 11.3 Å². The molecule has 1 amide bonds. The van der Waals surface area contributed by atoms with Crippen molar-refractivity contribution in [3.8, 4) is 0 Å². The van der Waals surface area contributed by atoms with Gasteiger partial charge in [0.2, 0.25) is 11.8 Å². The molecule has 0 aliphatic carbocycles. The van der Waals surface area contributed by atoms with Crippen molar-refractivity contribution in [3.63, 3.8) is 0 Å². The second-order valence-electron chi connectivity index (χ2n) is 8.04. The lowest BCUT2D eigenvalue weighted by atomic mass is 9.67. The number of ether oxygens (including phenoxy) is 3. The van der Waals surface area contributed by atoms with Crippen molar-refractivity contribution in [1.29, 1.82) is 0 Å². The van der Waals surface area contributed by atoms with Crippen molar-refractivity contribution < 1.29 is 28.6 Å². The Morgan fingerprint density at radius 1 is 1.03 bits per heavy atom. The number of benzene rings is 2. The van der Waals surface area contributed by atoms with Crippen molar-refractivity contribution in [2.24, 2.45) is 5.73 Å². The number of esters is 2. The van der Waals surface area contributed by atoms with Gasteiger partial charge in [-0.1, -0.05) is 48.5 Å². The fourth-order valence-electron chi connectivity index (χ4n) is 4.21. The van der Waals surface area contributed by atoms with E-state index in [2.05, 4.69) is 5.32 Å². The monoisotopic (exact) mass is 448 g/mol. The van der Waals surface area contributed by atoms with Crippen molar-refractivity contribution in [1.82, 2.24) is 0 Å². The van der Waals surface area contributed by atoms with Gasteiger partial charge in [-0.25, -0.2) is 9.59 Å². The van der Waals surface area contributed by atoms with E-state index in [-0.39, 0.29) is 29.4 Å². The molecule has 2 aromatic rings. The molecule has 2 heterocycles. The molecular weight excluding hydrogens is 424 g/mol. The normalized spacial score (nSPS) is 19.3. The summed E-state index contributed by atoms with van der Waals surface area (Å²) < 4.78 is 16.5. The van der Waals surface area contributed by atoms with Gasteiger partial charge in [0.25, 0.3) is 0 Å². The Morgan fingerprint density at radius 2 is 1.70 bits per heavy atom. The van der Waals surface area contributed by atoms with Crippen LogP contribution >= 0.6 is 0 Å². The highest BCUT2D eigenvalue weighted by Crippen LogP contribution is 2.52. The van der Waals surface area contributed by atoms with Crippen molar-refractivity contribution in [2.75, 3.05) is 5.32 Å². The van der Waals surface area contributed by atoms with Crippen LogP contribution in [0.1, 0.15) is 31.9 Å². The zero-order valence-corrected chi connectivity index (χ0v) is 18.5. The van der Waals surface area contributed by atoms with Gasteiger partial charge in [-0.15, -0.1) is 0 Å². The predicted octanol–water partition coefficient (Wildman–Crippen LogP) is 3.05. The quantitative estimate of drug-likeness (QED) is 0.675. The van der Waals surface area contributed by atoms with Gasteiger partial charge in [0, 0.05) is 11.3 Å². The Labute approximate surface area is 191 Å². The first-order valence-electron chi connectivity index (χ1n) is 10.5. The molecule has 1 atom stereocenters. The van der Waals surface area contributed by atoms with Gasteiger partial charge in [-0.2, -0.15) is 0 Å². The summed E-state index contributed by atoms with van der Waals surface area (Å²) in [7, 11) is 0. The number of carbonyl (C=O) groups is 3. The largest absolute Gasteiger partial charge is 0.459 e. The van der Waals surface area contributed by atoms with Crippen molar-refractivity contribution in [2.45, 2.75) is 38.9 Å². The predicted molar refractivity (Wildman–Crippen MR) is 119 cm³/mol. The third-order valence-electron chi connectivity index (χ3n) is 5.50. The summed E-state index contributed by atoms with van der Waals surface area (Å²) >= 11 is 0. The number of hydrogen-bond acceptors (Lipinski definition) is 7. The minimum atomic E-state index is -1.87. The SMILES string of the molecule is CC1=C(C(=O)OC(C)C)[C@]2(C(=O)Nc3ccccc32)C(C(=O)OCc2ccccc2)=C(N)O1. The van der Waals surface area contributed by atoms with Crippen LogP contribution in [0.15, 0.2) is 77.4 Å². The lowest BCUT2D eigenvalue weighted by Crippen LogP contribution is -2.48. The van der Waals surface area contributed by atoms with Crippen LogP contribution in [0.25, 0.3) is 0 Å². The summed E-state index contributed by atoms with van der Waals surface area (Å²) in [6.07, 6.45) is -0.466. The topological polar surface area (TPSA) is 117 Å². The van der Waals surface area contributed by atoms with Gasteiger partial charge in [-0.05, 0) is 32.4 Å². The first kappa shape index (κ1) is 22.1. The summed E-state index contributed by atoms with van der Waals surface area (Å²) in [5.41, 5.74) is 5.51. The number of nitrogens with one attached hydrogen (secondary N) is 1. The lowest BCUT2D eigenvalue weighted by molar-refractivity contribution is -0.146. The summed E-state index contributed by atoms with van der Waals surface area (Å²) in [6.45, 7) is 4.83. The number of amides is 1. The molecule has 170 valence electrons. The van der Waals surface area contributed by atoms with Gasteiger partial charge < -0.3 is 25.3 Å². The van der Waals surface area contributed by atoms with Gasteiger partial charge in [0.15, 0.2) is 0 Å². The van der Waals surface area contributed by atoms with Crippen LogP contribution < -0.4 is 11.1 Å². The molecule has 3 N–H and O–H groups in total. The van der Waals surface area contributed by atoms with Crippen LogP contribution in [0.2, 0.25) is 0 Å². The molecule has 4 rings (SSSR count). The van der Waals surface area contributed by atoms with Crippen LogP contribution in [-0.4, -0.2) is 23.9 Å².